The summed E-state index contributed by atoms with van der Waals surface area (Å²) >= 11 is 0. The molecule has 1 aliphatic heterocycles. The molecule has 10 heteroatoms. The number of aliphatic imine (C=N–C) groups is 1. The fraction of sp³-hybridized carbons (Fsp3) is 0.167. The van der Waals surface area contributed by atoms with Crippen LogP contribution in [-0.4, -0.2) is 46.1 Å². The van der Waals surface area contributed by atoms with E-state index in [2.05, 4.69) is 10.1 Å². The van der Waals surface area contributed by atoms with Crippen molar-refractivity contribution < 1.29 is 13.6 Å². The van der Waals surface area contributed by atoms with Crippen molar-refractivity contribution in [1.82, 2.24) is 14.7 Å². The van der Waals surface area contributed by atoms with E-state index in [0.717, 1.165) is 5.56 Å². The van der Waals surface area contributed by atoms with Crippen LogP contribution < -0.4 is 16.1 Å². The number of aryl methyl sites for hydroxylation is 1. The molecule has 2 aromatic carbocycles. The van der Waals surface area contributed by atoms with Crippen molar-refractivity contribution in [2.45, 2.75) is 13.5 Å². The summed E-state index contributed by atoms with van der Waals surface area (Å²) in [6, 6.07) is 14.9. The monoisotopic (exact) mass is 464 g/mol. The summed E-state index contributed by atoms with van der Waals surface area (Å²) in [6.45, 7) is -0.897. The number of hydrogen-bond donors (Lipinski definition) is 1. The maximum absolute atomic E-state index is 13.0. The Bertz CT molecular complexity index is 1320. The lowest BCUT2D eigenvalue weighted by Gasteiger charge is -2.19. The highest BCUT2D eigenvalue weighted by molar-refractivity contribution is 6.08. The van der Waals surface area contributed by atoms with Crippen LogP contribution in [0.2, 0.25) is 0 Å². The van der Waals surface area contributed by atoms with Gasteiger partial charge >= 0.3 is 12.6 Å². The number of anilines is 1. The first kappa shape index (κ1) is 22.8. The molecule has 4 rings (SSSR count). The summed E-state index contributed by atoms with van der Waals surface area (Å²) in [5.41, 5.74) is 8.20. The average molecular weight is 464 g/mol. The zero-order valence-corrected chi connectivity index (χ0v) is 18.3. The molecular formula is C24H22F2N6O2. The summed E-state index contributed by atoms with van der Waals surface area (Å²) in [7, 11) is 0. The van der Waals surface area contributed by atoms with Crippen LogP contribution in [0.25, 0.3) is 5.69 Å². The number of aromatic nitrogens is 2. The number of para-hydroxylation sites is 1. The average Bonchev–Trinajstić information content (AvgIpc) is 3.21. The molecule has 8 nitrogen and oxygen atoms in total. The zero-order valence-electron chi connectivity index (χ0n) is 18.3. The predicted octanol–water partition coefficient (Wildman–Crippen LogP) is 3.60. The summed E-state index contributed by atoms with van der Waals surface area (Å²) in [5.74, 6) is 0. The highest BCUT2D eigenvalue weighted by atomic mass is 19.3. The lowest BCUT2D eigenvalue weighted by Crippen LogP contribution is -2.35. The quantitative estimate of drug-likeness (QED) is 0.445. The van der Waals surface area contributed by atoms with E-state index in [1.165, 1.54) is 34.1 Å². The van der Waals surface area contributed by atoms with Crippen molar-refractivity contribution in [3.63, 3.8) is 0 Å². The Kier molecular flexibility index (Phi) is 6.48. The Labute approximate surface area is 194 Å². The molecule has 1 fully saturated rings. The minimum absolute atomic E-state index is 0.0416. The molecule has 174 valence electrons. The fourth-order valence-corrected chi connectivity index (χ4v) is 3.66. The van der Waals surface area contributed by atoms with Crippen LogP contribution in [0.3, 0.4) is 0 Å². The smallest absolute Gasteiger partial charge is 0.328 e. The Morgan fingerprint density at radius 3 is 2.53 bits per heavy atom. The normalized spacial score (nSPS) is 14.6. The number of carbonyl (C=O) groups is 1. The molecule has 1 aromatic heterocycles. The molecule has 2 heterocycles. The van der Waals surface area contributed by atoms with Crippen LogP contribution in [-0.2, 0) is 0 Å². The number of rotatable bonds is 6. The molecule has 2 N–H and O–H groups in total. The van der Waals surface area contributed by atoms with Gasteiger partial charge in [0.05, 0.1) is 17.1 Å². The third-order valence-electron chi connectivity index (χ3n) is 5.33. The minimum atomic E-state index is -2.84. The van der Waals surface area contributed by atoms with Gasteiger partial charge in [-0.1, -0.05) is 18.2 Å². The number of alkyl halides is 2. The maximum Gasteiger partial charge on any atom is 0.328 e. The Hall–Kier alpha value is -4.34. The molecule has 0 atom stereocenters. The summed E-state index contributed by atoms with van der Waals surface area (Å²) < 4.78 is 27.5. The van der Waals surface area contributed by atoms with Crippen molar-refractivity contribution in [1.29, 1.82) is 0 Å². The molecule has 0 unspecified atom stereocenters. The Morgan fingerprint density at radius 2 is 1.88 bits per heavy atom. The van der Waals surface area contributed by atoms with Crippen LogP contribution in [0, 0.1) is 6.92 Å². The van der Waals surface area contributed by atoms with Gasteiger partial charge in [0.15, 0.2) is 5.69 Å². The van der Waals surface area contributed by atoms with Gasteiger partial charge in [0.2, 0.25) is 5.43 Å². The third kappa shape index (κ3) is 4.56. The van der Waals surface area contributed by atoms with E-state index in [1.54, 1.807) is 30.3 Å². The first-order chi connectivity index (χ1) is 16.4. The first-order valence-electron chi connectivity index (χ1n) is 10.5. The molecule has 1 aliphatic rings. The van der Waals surface area contributed by atoms with E-state index in [9.17, 15) is 18.4 Å². The van der Waals surface area contributed by atoms with Crippen molar-refractivity contribution >= 4 is 23.1 Å². The SMILES string of the molecule is Cc1cc(N2CCN(C(F)F)C2=O)ccc1-n1ccc(=O)c(C(C=CN)=Nc2ccccc2)n1. The largest absolute Gasteiger partial charge is 0.405 e. The highest BCUT2D eigenvalue weighted by Crippen LogP contribution is 2.26. The zero-order chi connectivity index (χ0) is 24.2. The number of nitrogens with two attached hydrogens (primary N) is 1. The molecular weight excluding hydrogens is 442 g/mol. The van der Waals surface area contributed by atoms with E-state index < -0.39 is 12.6 Å². The summed E-state index contributed by atoms with van der Waals surface area (Å²) in [4.78, 5) is 31.2. The maximum atomic E-state index is 13.0. The van der Waals surface area contributed by atoms with E-state index in [1.807, 2.05) is 25.1 Å². The standard InChI is InChI=1S/C24H22F2N6O2/c1-16-15-18(30-13-14-31(23(25)26)24(30)34)7-8-20(16)32-12-10-21(33)22(29-32)19(9-11-27)28-17-5-3-2-4-6-17/h2-12,15,23H,13-14,27H2,1H3. The second-order valence-electron chi connectivity index (χ2n) is 7.54. The van der Waals surface area contributed by atoms with Gasteiger partial charge in [-0.3, -0.25) is 14.6 Å². The molecule has 3 aromatic rings. The number of halogens is 2. The summed E-state index contributed by atoms with van der Waals surface area (Å²) in [6.07, 6.45) is 4.32. The third-order valence-corrected chi connectivity index (χ3v) is 5.33. The van der Waals surface area contributed by atoms with Crippen molar-refractivity contribution in [2.24, 2.45) is 10.7 Å². The van der Waals surface area contributed by atoms with Crippen LogP contribution in [0.5, 0.6) is 0 Å². The number of carbonyl (C=O) groups excluding carboxylic acids is 1. The summed E-state index contributed by atoms with van der Waals surface area (Å²) in [5, 5.41) is 4.47. The van der Waals surface area contributed by atoms with Gasteiger partial charge in [0.25, 0.3) is 0 Å². The number of amides is 2. The van der Waals surface area contributed by atoms with Crippen molar-refractivity contribution in [3.8, 4) is 5.69 Å². The van der Waals surface area contributed by atoms with Gasteiger partial charge in [-0.05, 0) is 55.1 Å². The van der Waals surface area contributed by atoms with Crippen LogP contribution >= 0.6 is 0 Å². The first-order valence-corrected chi connectivity index (χ1v) is 10.5. The number of urea groups is 1. The number of benzene rings is 2. The second-order valence-corrected chi connectivity index (χ2v) is 7.54. The second kappa shape index (κ2) is 9.65. The van der Waals surface area contributed by atoms with Crippen molar-refractivity contribution in [2.75, 3.05) is 18.0 Å². The van der Waals surface area contributed by atoms with Gasteiger partial charge in [-0.15, -0.1) is 0 Å². The van der Waals surface area contributed by atoms with E-state index in [4.69, 9.17) is 5.73 Å². The van der Waals surface area contributed by atoms with Gasteiger partial charge in [0.1, 0.15) is 0 Å². The van der Waals surface area contributed by atoms with Gasteiger partial charge in [-0.25, -0.2) is 14.5 Å². The fourth-order valence-electron chi connectivity index (χ4n) is 3.66. The van der Waals surface area contributed by atoms with Crippen molar-refractivity contribution in [3.05, 3.63) is 94.6 Å². The number of hydrogen-bond acceptors (Lipinski definition) is 5. The molecule has 1 saturated heterocycles. The molecule has 0 aliphatic carbocycles. The lowest BCUT2D eigenvalue weighted by molar-refractivity contribution is 0.0151. The van der Waals surface area contributed by atoms with Crippen LogP contribution in [0.15, 0.2) is 82.9 Å². The molecule has 34 heavy (non-hydrogen) atoms. The van der Waals surface area contributed by atoms with E-state index in [-0.39, 0.29) is 24.2 Å². The van der Waals surface area contributed by atoms with E-state index in [0.29, 0.717) is 27.7 Å². The molecule has 2 amide bonds. The molecule has 0 saturated carbocycles. The minimum Gasteiger partial charge on any atom is -0.405 e. The number of allylic oxidation sites excluding steroid dienone is 1. The van der Waals surface area contributed by atoms with Crippen LogP contribution in [0.4, 0.5) is 25.0 Å². The van der Waals surface area contributed by atoms with Crippen LogP contribution in [0.1, 0.15) is 11.3 Å². The van der Waals surface area contributed by atoms with Gasteiger partial charge in [0, 0.05) is 31.0 Å². The van der Waals surface area contributed by atoms with Gasteiger partial charge in [-0.2, -0.15) is 13.9 Å². The highest BCUT2D eigenvalue weighted by Gasteiger charge is 2.34. The topological polar surface area (TPSA) is 96.8 Å². The van der Waals surface area contributed by atoms with E-state index >= 15 is 0 Å². The van der Waals surface area contributed by atoms with Gasteiger partial charge < -0.3 is 5.73 Å². The predicted molar refractivity (Wildman–Crippen MR) is 126 cm³/mol. The molecule has 0 radical (unpaired) electrons. The molecule has 0 bridgehead atoms. The lowest BCUT2D eigenvalue weighted by atomic mass is 10.1. The Balaban J connectivity index is 1.70. The Morgan fingerprint density at radius 1 is 1.12 bits per heavy atom. The molecule has 0 spiro atoms. The number of nitrogens with zero attached hydrogens (tertiary/aromatic N) is 5.